The first-order valence-corrected chi connectivity index (χ1v) is 6.35. The van der Waals surface area contributed by atoms with E-state index in [0.717, 1.165) is 11.5 Å². The van der Waals surface area contributed by atoms with E-state index in [1.807, 2.05) is 6.92 Å². The van der Waals surface area contributed by atoms with Crippen molar-refractivity contribution in [2.24, 2.45) is 0 Å². The lowest BCUT2D eigenvalue weighted by molar-refractivity contribution is 0.582. The molecule has 1 rings (SSSR count). The normalized spacial score (nSPS) is 14.4. The molecule has 1 aromatic rings. The number of hydrogen-bond donors (Lipinski definition) is 0. The van der Waals surface area contributed by atoms with Crippen LogP contribution in [0.15, 0.2) is 4.21 Å². The van der Waals surface area contributed by atoms with Gasteiger partial charge >= 0.3 is 0 Å². The first-order chi connectivity index (χ1) is 6.00. The van der Waals surface area contributed by atoms with E-state index < -0.39 is 9.84 Å². The molecule has 1 atom stereocenters. The quantitative estimate of drug-likeness (QED) is 0.773. The van der Waals surface area contributed by atoms with Gasteiger partial charge in [-0.2, -0.15) is 0 Å². The van der Waals surface area contributed by atoms with Gasteiger partial charge in [0.05, 0.1) is 10.9 Å². The van der Waals surface area contributed by atoms with Gasteiger partial charge in [0.15, 0.2) is 14.0 Å². The minimum Gasteiger partial charge on any atom is -0.222 e. The van der Waals surface area contributed by atoms with Crippen molar-refractivity contribution in [2.45, 2.75) is 36.7 Å². The Morgan fingerprint density at radius 3 is 2.54 bits per heavy atom. The molecule has 0 aromatic carbocycles. The Morgan fingerprint density at radius 2 is 2.15 bits per heavy atom. The molecule has 0 saturated carbocycles. The largest absolute Gasteiger partial charge is 0.222 e. The van der Waals surface area contributed by atoms with Gasteiger partial charge in [0, 0.05) is 11.5 Å². The molecule has 0 unspecified atom stereocenters. The fourth-order valence-corrected chi connectivity index (χ4v) is 3.56. The topological polar surface area (TPSA) is 59.9 Å². The summed E-state index contributed by atoms with van der Waals surface area (Å²) < 4.78 is 27.5. The third-order valence-corrected chi connectivity index (χ3v) is 5.72. The average molecular weight is 220 g/mol. The van der Waals surface area contributed by atoms with Crippen LogP contribution < -0.4 is 0 Å². The van der Waals surface area contributed by atoms with Crippen molar-refractivity contribution in [1.29, 1.82) is 0 Å². The van der Waals surface area contributed by atoms with Crippen LogP contribution in [0, 0.1) is 6.92 Å². The molecule has 0 aliphatic rings. The zero-order valence-electron chi connectivity index (χ0n) is 7.81. The summed E-state index contributed by atoms with van der Waals surface area (Å²) in [4.78, 5) is 0. The Kier molecular flexibility index (Phi) is 3.02. The Labute approximate surface area is 82.1 Å². The van der Waals surface area contributed by atoms with Crippen LogP contribution in [0.2, 0.25) is 0 Å². The fraction of sp³-hybridized carbons (Fsp3) is 0.714. The smallest absolute Gasteiger partial charge is 0.193 e. The van der Waals surface area contributed by atoms with E-state index in [4.69, 9.17) is 0 Å². The summed E-state index contributed by atoms with van der Waals surface area (Å²) in [7, 11) is -3.18. The van der Waals surface area contributed by atoms with E-state index in [-0.39, 0.29) is 5.25 Å². The monoisotopic (exact) mass is 220 g/mol. The fourth-order valence-electron chi connectivity index (χ4n) is 0.886. The Hall–Kier alpha value is -0.490. The Bertz CT molecular complexity index is 383. The van der Waals surface area contributed by atoms with E-state index in [0.29, 0.717) is 16.3 Å². The van der Waals surface area contributed by atoms with Crippen LogP contribution in [0.4, 0.5) is 0 Å². The van der Waals surface area contributed by atoms with Crippen molar-refractivity contribution in [2.75, 3.05) is 0 Å². The second-order valence-electron chi connectivity index (χ2n) is 2.91. The van der Waals surface area contributed by atoms with Gasteiger partial charge in [-0.05, 0) is 20.3 Å². The number of sulfone groups is 1. The highest BCUT2D eigenvalue weighted by Gasteiger charge is 2.26. The zero-order chi connectivity index (χ0) is 10.1. The molecular formula is C7H12N2O2S2. The molecular weight excluding hydrogens is 208 g/mol. The highest BCUT2D eigenvalue weighted by molar-refractivity contribution is 7.94. The molecule has 74 valence electrons. The van der Waals surface area contributed by atoms with E-state index in [1.165, 1.54) is 0 Å². The SMILES string of the molecule is CC[C@H](C)S(=O)(=O)c1snnc1C. The van der Waals surface area contributed by atoms with Crippen LogP contribution in [-0.2, 0) is 9.84 Å². The van der Waals surface area contributed by atoms with Crippen LogP contribution in [-0.4, -0.2) is 23.3 Å². The highest BCUT2D eigenvalue weighted by atomic mass is 32.2. The maximum absolute atomic E-state index is 11.8. The summed E-state index contributed by atoms with van der Waals surface area (Å²) in [6.45, 7) is 5.22. The lowest BCUT2D eigenvalue weighted by atomic mass is 10.4. The van der Waals surface area contributed by atoms with Crippen LogP contribution in [0.5, 0.6) is 0 Å². The molecule has 0 bridgehead atoms. The molecule has 1 heterocycles. The third-order valence-electron chi connectivity index (χ3n) is 1.97. The molecule has 6 heteroatoms. The summed E-state index contributed by atoms with van der Waals surface area (Å²) in [5.74, 6) is 0. The van der Waals surface area contributed by atoms with Gasteiger partial charge in [-0.3, -0.25) is 0 Å². The lowest BCUT2D eigenvalue weighted by Gasteiger charge is -2.07. The van der Waals surface area contributed by atoms with Crippen LogP contribution in [0.1, 0.15) is 26.0 Å². The van der Waals surface area contributed by atoms with Gasteiger partial charge in [-0.15, -0.1) is 5.10 Å². The average Bonchev–Trinajstić information content (AvgIpc) is 2.50. The molecule has 0 N–H and O–H groups in total. The molecule has 0 aliphatic carbocycles. The summed E-state index contributed by atoms with van der Waals surface area (Å²) in [6, 6.07) is 0. The summed E-state index contributed by atoms with van der Waals surface area (Å²) >= 11 is 0.951. The van der Waals surface area contributed by atoms with Gasteiger partial charge in [-0.25, -0.2) is 8.42 Å². The molecule has 0 saturated heterocycles. The summed E-state index contributed by atoms with van der Waals surface area (Å²) in [5, 5.41) is 3.34. The molecule has 1 aromatic heterocycles. The first-order valence-electron chi connectivity index (χ1n) is 4.03. The number of hydrogen-bond acceptors (Lipinski definition) is 5. The van der Waals surface area contributed by atoms with Gasteiger partial charge in [0.25, 0.3) is 0 Å². The zero-order valence-corrected chi connectivity index (χ0v) is 9.44. The number of rotatable bonds is 3. The number of aromatic nitrogens is 2. The van der Waals surface area contributed by atoms with Gasteiger partial charge in [0.2, 0.25) is 0 Å². The molecule has 0 radical (unpaired) electrons. The molecule has 4 nitrogen and oxygen atoms in total. The molecule has 0 spiro atoms. The molecule has 13 heavy (non-hydrogen) atoms. The number of aryl methyl sites for hydroxylation is 1. The Morgan fingerprint density at radius 1 is 1.54 bits per heavy atom. The molecule has 0 aliphatic heterocycles. The van der Waals surface area contributed by atoms with E-state index in [2.05, 4.69) is 9.59 Å². The standard InChI is InChI=1S/C7H12N2O2S2/c1-4-5(2)13(10,11)7-6(3)8-9-12-7/h5H,4H2,1-3H3/t5-/m0/s1. The summed E-state index contributed by atoms with van der Waals surface area (Å²) in [6.07, 6.45) is 0.611. The second-order valence-corrected chi connectivity index (χ2v) is 6.23. The maximum Gasteiger partial charge on any atom is 0.193 e. The summed E-state index contributed by atoms with van der Waals surface area (Å²) in [5.41, 5.74) is 0.505. The molecule has 0 fully saturated rings. The van der Waals surface area contributed by atoms with E-state index in [9.17, 15) is 8.42 Å². The van der Waals surface area contributed by atoms with Gasteiger partial charge in [-0.1, -0.05) is 11.4 Å². The van der Waals surface area contributed by atoms with Gasteiger partial charge in [0.1, 0.15) is 0 Å². The van der Waals surface area contributed by atoms with Crippen molar-refractivity contribution in [3.05, 3.63) is 5.69 Å². The minimum atomic E-state index is -3.18. The van der Waals surface area contributed by atoms with Crippen molar-refractivity contribution in [3.8, 4) is 0 Å². The highest BCUT2D eigenvalue weighted by Crippen LogP contribution is 2.23. The van der Waals surface area contributed by atoms with Gasteiger partial charge < -0.3 is 0 Å². The first kappa shape index (κ1) is 10.6. The van der Waals surface area contributed by atoms with Crippen LogP contribution in [0.25, 0.3) is 0 Å². The Balaban J connectivity index is 3.16. The molecule has 0 amide bonds. The lowest BCUT2D eigenvalue weighted by Crippen LogP contribution is -2.16. The number of nitrogens with zero attached hydrogens (tertiary/aromatic N) is 2. The predicted molar refractivity (Wildman–Crippen MR) is 51.6 cm³/mol. The van der Waals surface area contributed by atoms with Crippen molar-refractivity contribution < 1.29 is 8.42 Å². The van der Waals surface area contributed by atoms with Crippen molar-refractivity contribution >= 4 is 21.4 Å². The minimum absolute atomic E-state index is 0.307. The van der Waals surface area contributed by atoms with Crippen LogP contribution >= 0.6 is 11.5 Å². The van der Waals surface area contributed by atoms with Crippen LogP contribution in [0.3, 0.4) is 0 Å². The second kappa shape index (κ2) is 3.71. The van der Waals surface area contributed by atoms with Crippen molar-refractivity contribution in [3.63, 3.8) is 0 Å². The third kappa shape index (κ3) is 1.88. The van der Waals surface area contributed by atoms with Crippen molar-refractivity contribution in [1.82, 2.24) is 9.59 Å². The van der Waals surface area contributed by atoms with E-state index >= 15 is 0 Å². The predicted octanol–water partition coefficient (Wildman–Crippen LogP) is 1.42. The van der Waals surface area contributed by atoms with E-state index in [1.54, 1.807) is 13.8 Å². The maximum atomic E-state index is 11.8.